The van der Waals surface area contributed by atoms with Gasteiger partial charge in [-0.3, -0.25) is 9.59 Å². The number of nitrogens with zero attached hydrogens (tertiary/aromatic N) is 1. The lowest BCUT2D eigenvalue weighted by Crippen LogP contribution is -2.40. The van der Waals surface area contributed by atoms with Crippen molar-refractivity contribution >= 4 is 11.7 Å². The molecule has 0 radical (unpaired) electrons. The standard InChI is InChI=1S/C9H10N2O2/c1-7(12)8-2-4-11(5-3-8)6-9(10)13/h2-5H,6H2,1H3,(H-,10,13)/p+1. The van der Waals surface area contributed by atoms with Crippen molar-refractivity contribution in [3.63, 3.8) is 0 Å². The van der Waals surface area contributed by atoms with Gasteiger partial charge in [0.05, 0.1) is 0 Å². The minimum absolute atomic E-state index is 0.00576. The topological polar surface area (TPSA) is 64.0 Å². The number of nitrogens with two attached hydrogens (primary N) is 1. The zero-order valence-electron chi connectivity index (χ0n) is 7.36. The molecule has 4 nitrogen and oxygen atoms in total. The predicted octanol–water partition coefficient (Wildman–Crippen LogP) is -0.338. The van der Waals surface area contributed by atoms with E-state index < -0.39 is 5.91 Å². The van der Waals surface area contributed by atoms with E-state index in [2.05, 4.69) is 0 Å². The molecule has 0 fully saturated rings. The van der Waals surface area contributed by atoms with Crippen molar-refractivity contribution in [2.24, 2.45) is 5.73 Å². The molecule has 0 saturated heterocycles. The van der Waals surface area contributed by atoms with Gasteiger partial charge in [0.2, 0.25) is 6.54 Å². The zero-order chi connectivity index (χ0) is 9.84. The van der Waals surface area contributed by atoms with Crippen LogP contribution in [0.5, 0.6) is 0 Å². The van der Waals surface area contributed by atoms with Gasteiger partial charge in [-0.25, -0.2) is 0 Å². The Hall–Kier alpha value is -1.71. The molecule has 1 amide bonds. The van der Waals surface area contributed by atoms with Crippen molar-refractivity contribution in [3.8, 4) is 0 Å². The third-order valence-corrected chi connectivity index (χ3v) is 1.64. The van der Waals surface area contributed by atoms with Crippen molar-refractivity contribution in [1.82, 2.24) is 0 Å². The van der Waals surface area contributed by atoms with Gasteiger partial charge in [-0.1, -0.05) is 0 Å². The van der Waals surface area contributed by atoms with Gasteiger partial charge in [-0.2, -0.15) is 4.57 Å². The Labute approximate surface area is 76.0 Å². The number of hydrogen-bond acceptors (Lipinski definition) is 2. The Balaban J connectivity index is 2.81. The van der Waals surface area contributed by atoms with Crippen LogP contribution in [0.3, 0.4) is 0 Å². The van der Waals surface area contributed by atoms with Crippen molar-refractivity contribution in [1.29, 1.82) is 0 Å². The summed E-state index contributed by atoms with van der Waals surface area (Å²) >= 11 is 0. The summed E-state index contributed by atoms with van der Waals surface area (Å²) in [6.07, 6.45) is 3.31. The molecule has 1 aromatic rings. The fourth-order valence-corrected chi connectivity index (χ4v) is 0.977. The number of ketones is 1. The minimum Gasteiger partial charge on any atom is -0.364 e. The number of aromatic nitrogens is 1. The molecule has 0 spiro atoms. The Kier molecular flexibility index (Phi) is 2.74. The van der Waals surface area contributed by atoms with E-state index in [9.17, 15) is 9.59 Å². The smallest absolute Gasteiger partial charge is 0.283 e. The molecule has 0 atom stereocenters. The van der Waals surface area contributed by atoms with Crippen molar-refractivity contribution in [3.05, 3.63) is 30.1 Å². The maximum Gasteiger partial charge on any atom is 0.283 e. The summed E-state index contributed by atoms with van der Waals surface area (Å²) in [5, 5.41) is 0. The molecular formula is C9H11N2O2+. The van der Waals surface area contributed by atoms with Crippen LogP contribution in [0.2, 0.25) is 0 Å². The molecule has 4 heteroatoms. The molecule has 1 aromatic heterocycles. The van der Waals surface area contributed by atoms with E-state index in [-0.39, 0.29) is 12.3 Å². The van der Waals surface area contributed by atoms with E-state index in [1.807, 2.05) is 0 Å². The summed E-state index contributed by atoms with van der Waals surface area (Å²) < 4.78 is 1.62. The van der Waals surface area contributed by atoms with Crippen LogP contribution in [0.25, 0.3) is 0 Å². The van der Waals surface area contributed by atoms with Crippen LogP contribution in [-0.4, -0.2) is 11.7 Å². The highest BCUT2D eigenvalue weighted by atomic mass is 16.1. The van der Waals surface area contributed by atoms with Gasteiger partial charge in [0.15, 0.2) is 18.2 Å². The summed E-state index contributed by atoms with van der Waals surface area (Å²) in [5.74, 6) is -0.396. The molecule has 0 unspecified atom stereocenters. The lowest BCUT2D eigenvalue weighted by molar-refractivity contribution is -0.684. The lowest BCUT2D eigenvalue weighted by Gasteiger charge is -1.94. The predicted molar refractivity (Wildman–Crippen MR) is 45.8 cm³/mol. The molecule has 1 heterocycles. The normalized spacial score (nSPS) is 9.62. The number of Topliss-reactive ketones (excluding diaryl/α,β-unsaturated/α-hetero) is 1. The fraction of sp³-hybridized carbons (Fsp3) is 0.222. The van der Waals surface area contributed by atoms with Crippen LogP contribution in [0, 0.1) is 0 Å². The highest BCUT2D eigenvalue weighted by Gasteiger charge is 2.05. The molecule has 0 bridgehead atoms. The largest absolute Gasteiger partial charge is 0.364 e. The number of hydrogen-bond donors (Lipinski definition) is 1. The second-order valence-electron chi connectivity index (χ2n) is 2.78. The summed E-state index contributed by atoms with van der Waals surface area (Å²) in [4.78, 5) is 21.4. The van der Waals surface area contributed by atoms with Gasteiger partial charge in [-0.05, 0) is 6.92 Å². The highest BCUT2D eigenvalue weighted by molar-refractivity contribution is 5.93. The highest BCUT2D eigenvalue weighted by Crippen LogP contribution is 1.95. The second-order valence-corrected chi connectivity index (χ2v) is 2.78. The number of rotatable bonds is 3. The summed E-state index contributed by atoms with van der Waals surface area (Å²) in [6.45, 7) is 1.63. The molecular weight excluding hydrogens is 168 g/mol. The molecule has 1 rings (SSSR count). The van der Waals surface area contributed by atoms with Crippen LogP contribution in [0.4, 0.5) is 0 Å². The Bertz CT molecular complexity index is 330. The molecule has 68 valence electrons. The van der Waals surface area contributed by atoms with Gasteiger partial charge in [0.25, 0.3) is 5.91 Å². The average molecular weight is 179 g/mol. The van der Waals surface area contributed by atoms with Crippen LogP contribution in [-0.2, 0) is 11.3 Å². The molecule has 0 aliphatic carbocycles. The van der Waals surface area contributed by atoms with E-state index in [0.29, 0.717) is 5.56 Å². The molecule has 0 aliphatic rings. The van der Waals surface area contributed by atoms with E-state index >= 15 is 0 Å². The van der Waals surface area contributed by atoms with Crippen LogP contribution in [0.15, 0.2) is 24.5 Å². The maximum atomic E-state index is 10.9. The summed E-state index contributed by atoms with van der Waals surface area (Å²) in [6, 6.07) is 3.32. The zero-order valence-corrected chi connectivity index (χ0v) is 7.36. The number of amides is 1. The first-order chi connectivity index (χ1) is 6.09. The first kappa shape index (κ1) is 9.38. The number of pyridine rings is 1. The maximum absolute atomic E-state index is 10.9. The second kappa shape index (κ2) is 3.80. The monoisotopic (exact) mass is 179 g/mol. The lowest BCUT2D eigenvalue weighted by atomic mass is 10.2. The Morgan fingerprint density at radius 2 is 1.92 bits per heavy atom. The van der Waals surface area contributed by atoms with Crippen LogP contribution >= 0.6 is 0 Å². The minimum atomic E-state index is -0.402. The first-order valence-electron chi connectivity index (χ1n) is 3.88. The number of carbonyl (C=O) groups excluding carboxylic acids is 2. The van der Waals surface area contributed by atoms with E-state index in [1.54, 1.807) is 29.1 Å². The molecule has 2 N–H and O–H groups in total. The summed E-state index contributed by atoms with van der Waals surface area (Å²) in [5.41, 5.74) is 5.62. The third-order valence-electron chi connectivity index (χ3n) is 1.64. The third kappa shape index (κ3) is 2.66. The fourth-order valence-electron chi connectivity index (χ4n) is 0.977. The van der Waals surface area contributed by atoms with E-state index in [0.717, 1.165) is 0 Å². The first-order valence-corrected chi connectivity index (χ1v) is 3.88. The molecule has 13 heavy (non-hydrogen) atoms. The number of carbonyl (C=O) groups is 2. The van der Waals surface area contributed by atoms with Crippen molar-refractivity contribution in [2.45, 2.75) is 13.5 Å². The molecule has 0 aliphatic heterocycles. The SMILES string of the molecule is CC(=O)c1cc[n+](CC(N)=O)cc1. The number of primary amides is 1. The van der Waals surface area contributed by atoms with E-state index in [4.69, 9.17) is 5.73 Å². The Morgan fingerprint density at radius 1 is 1.38 bits per heavy atom. The van der Waals surface area contributed by atoms with Gasteiger partial charge in [-0.15, -0.1) is 0 Å². The van der Waals surface area contributed by atoms with Gasteiger partial charge in [0, 0.05) is 17.7 Å². The van der Waals surface area contributed by atoms with E-state index in [1.165, 1.54) is 6.92 Å². The van der Waals surface area contributed by atoms with Gasteiger partial charge >= 0.3 is 0 Å². The quantitative estimate of drug-likeness (QED) is 0.509. The van der Waals surface area contributed by atoms with Gasteiger partial charge < -0.3 is 5.73 Å². The summed E-state index contributed by atoms with van der Waals surface area (Å²) in [7, 11) is 0. The average Bonchev–Trinajstić information content (AvgIpc) is 2.04. The molecule has 0 aromatic carbocycles. The molecule has 0 saturated carbocycles. The van der Waals surface area contributed by atoms with Crippen molar-refractivity contribution < 1.29 is 14.2 Å². The van der Waals surface area contributed by atoms with Crippen LogP contribution < -0.4 is 10.3 Å². The van der Waals surface area contributed by atoms with Crippen molar-refractivity contribution in [2.75, 3.05) is 0 Å². The van der Waals surface area contributed by atoms with Crippen LogP contribution in [0.1, 0.15) is 17.3 Å². The van der Waals surface area contributed by atoms with Gasteiger partial charge in [0.1, 0.15) is 0 Å². The Morgan fingerprint density at radius 3 is 2.31 bits per heavy atom.